The summed E-state index contributed by atoms with van der Waals surface area (Å²) in [6.45, 7) is 7.24. The van der Waals surface area contributed by atoms with E-state index in [1.807, 2.05) is 31.0 Å². The highest BCUT2D eigenvalue weighted by Gasteiger charge is 2.20. The summed E-state index contributed by atoms with van der Waals surface area (Å²) >= 11 is 1.79. The molecule has 0 bridgehead atoms. The number of carbonyl (C=O) groups is 1. The van der Waals surface area contributed by atoms with Gasteiger partial charge in [0, 0.05) is 36.6 Å². The molecule has 0 spiro atoms. The van der Waals surface area contributed by atoms with Crippen molar-refractivity contribution in [1.82, 2.24) is 4.90 Å². The molecule has 1 rings (SSSR count). The number of aryl methyl sites for hydroxylation is 1. The van der Waals surface area contributed by atoms with Gasteiger partial charge in [0.05, 0.1) is 0 Å². The predicted octanol–water partition coefficient (Wildman–Crippen LogP) is 4.03. The number of nitrogens with one attached hydrogen (secondary N) is 1. The third-order valence-corrected chi connectivity index (χ3v) is 4.45. The van der Waals surface area contributed by atoms with Crippen LogP contribution in [0.4, 0.5) is 5.69 Å². The zero-order valence-electron chi connectivity index (χ0n) is 13.9. The zero-order chi connectivity index (χ0) is 15.8. The Balaban J connectivity index is 2.86. The molecule has 0 aromatic heterocycles. The van der Waals surface area contributed by atoms with Gasteiger partial charge in [-0.3, -0.25) is 4.79 Å². The van der Waals surface area contributed by atoms with Crippen LogP contribution in [0.2, 0.25) is 0 Å². The molecule has 1 amide bonds. The lowest BCUT2D eigenvalue weighted by atomic mass is 10.1. The van der Waals surface area contributed by atoms with Crippen LogP contribution < -0.4 is 5.32 Å². The van der Waals surface area contributed by atoms with E-state index in [1.54, 1.807) is 11.8 Å². The summed E-state index contributed by atoms with van der Waals surface area (Å²) in [5.41, 5.74) is 2.93. The summed E-state index contributed by atoms with van der Waals surface area (Å²) in [5, 5.41) is 3.36. The Morgan fingerprint density at radius 3 is 2.62 bits per heavy atom. The van der Waals surface area contributed by atoms with E-state index in [4.69, 9.17) is 0 Å². The maximum atomic E-state index is 12.7. The van der Waals surface area contributed by atoms with Crippen LogP contribution in [0.1, 0.15) is 42.6 Å². The maximum Gasteiger partial charge on any atom is 0.254 e. The fraction of sp³-hybridized carbons (Fsp3) is 0.588. The van der Waals surface area contributed by atoms with Crippen LogP contribution in [0.25, 0.3) is 0 Å². The van der Waals surface area contributed by atoms with Crippen molar-refractivity contribution in [3.63, 3.8) is 0 Å². The predicted molar refractivity (Wildman–Crippen MR) is 94.5 cm³/mol. The summed E-state index contributed by atoms with van der Waals surface area (Å²) in [6, 6.07) is 6.30. The van der Waals surface area contributed by atoms with Crippen LogP contribution in [0, 0.1) is 6.92 Å². The Morgan fingerprint density at radius 2 is 2.10 bits per heavy atom. The quantitative estimate of drug-likeness (QED) is 0.787. The average molecular weight is 308 g/mol. The number of hydrogen-bond donors (Lipinski definition) is 1. The van der Waals surface area contributed by atoms with E-state index in [-0.39, 0.29) is 5.91 Å². The number of carbonyl (C=O) groups excluding carboxylic acids is 1. The molecule has 0 heterocycles. The molecule has 0 aliphatic carbocycles. The summed E-state index contributed by atoms with van der Waals surface area (Å²) < 4.78 is 0. The van der Waals surface area contributed by atoms with E-state index in [9.17, 15) is 4.79 Å². The van der Waals surface area contributed by atoms with Gasteiger partial charge < -0.3 is 10.2 Å². The minimum atomic E-state index is 0.121. The molecule has 0 aliphatic rings. The Morgan fingerprint density at radius 1 is 1.38 bits per heavy atom. The molecule has 0 fully saturated rings. The van der Waals surface area contributed by atoms with Crippen LogP contribution in [0.3, 0.4) is 0 Å². The highest BCUT2D eigenvalue weighted by molar-refractivity contribution is 7.98. The average Bonchev–Trinajstić information content (AvgIpc) is 2.49. The maximum absolute atomic E-state index is 12.7. The first-order valence-electron chi connectivity index (χ1n) is 7.65. The molecule has 118 valence electrons. The molecule has 1 atom stereocenters. The first kappa shape index (κ1) is 17.9. The second kappa shape index (κ2) is 8.98. The van der Waals surface area contributed by atoms with Crippen LogP contribution >= 0.6 is 11.8 Å². The van der Waals surface area contributed by atoms with E-state index >= 15 is 0 Å². The number of rotatable bonds is 8. The molecule has 1 aromatic rings. The van der Waals surface area contributed by atoms with Gasteiger partial charge in [-0.25, -0.2) is 0 Å². The van der Waals surface area contributed by atoms with Crippen molar-refractivity contribution < 1.29 is 4.79 Å². The van der Waals surface area contributed by atoms with Crippen LogP contribution in [-0.2, 0) is 0 Å². The number of amides is 1. The molecule has 0 saturated carbocycles. The molecular weight excluding hydrogens is 280 g/mol. The fourth-order valence-corrected chi connectivity index (χ4v) is 3.18. The highest BCUT2D eigenvalue weighted by Crippen LogP contribution is 2.19. The molecule has 1 N–H and O–H groups in total. The smallest absolute Gasteiger partial charge is 0.254 e. The van der Waals surface area contributed by atoms with Crippen LogP contribution in [0.15, 0.2) is 18.2 Å². The van der Waals surface area contributed by atoms with E-state index in [2.05, 4.69) is 31.5 Å². The minimum Gasteiger partial charge on any atom is -0.385 e. The fourth-order valence-electron chi connectivity index (χ4n) is 2.33. The van der Waals surface area contributed by atoms with E-state index in [0.29, 0.717) is 6.04 Å². The second-order valence-corrected chi connectivity index (χ2v) is 6.30. The monoisotopic (exact) mass is 308 g/mol. The van der Waals surface area contributed by atoms with Gasteiger partial charge in [-0.2, -0.15) is 11.8 Å². The van der Waals surface area contributed by atoms with Gasteiger partial charge in [-0.1, -0.05) is 13.8 Å². The number of nitrogens with zero attached hydrogens (tertiary/aromatic N) is 1. The topological polar surface area (TPSA) is 32.3 Å². The SMILES string of the molecule is CCCNc1ccc(C(=O)N(C)C(CC)CSC)c(C)c1. The normalized spacial score (nSPS) is 12.0. The van der Waals surface area contributed by atoms with Crippen molar-refractivity contribution in [1.29, 1.82) is 0 Å². The van der Waals surface area contributed by atoms with Gasteiger partial charge >= 0.3 is 0 Å². The number of thioether (sulfide) groups is 1. The third kappa shape index (κ3) is 4.95. The van der Waals surface area contributed by atoms with Crippen molar-refractivity contribution in [2.24, 2.45) is 0 Å². The molecule has 3 nitrogen and oxygen atoms in total. The molecule has 0 radical (unpaired) electrons. The first-order valence-corrected chi connectivity index (χ1v) is 9.05. The van der Waals surface area contributed by atoms with Crippen molar-refractivity contribution >= 4 is 23.4 Å². The van der Waals surface area contributed by atoms with Gasteiger partial charge in [0.25, 0.3) is 5.91 Å². The van der Waals surface area contributed by atoms with Gasteiger partial charge in [0.1, 0.15) is 0 Å². The lowest BCUT2D eigenvalue weighted by Gasteiger charge is -2.27. The van der Waals surface area contributed by atoms with Gasteiger partial charge in [0.2, 0.25) is 0 Å². The van der Waals surface area contributed by atoms with Crippen molar-refractivity contribution in [2.45, 2.75) is 39.7 Å². The standard InChI is InChI=1S/C17H28N2OS/c1-6-10-18-14-8-9-16(13(3)11-14)17(20)19(4)15(7-2)12-21-5/h8-9,11,15,18H,6-7,10,12H2,1-5H3. The molecular formula is C17H28N2OS. The van der Waals surface area contributed by atoms with Crippen LogP contribution in [-0.4, -0.2) is 42.4 Å². The lowest BCUT2D eigenvalue weighted by Crippen LogP contribution is -2.38. The van der Waals surface area contributed by atoms with Crippen molar-refractivity contribution in [2.75, 3.05) is 30.9 Å². The Labute approximate surface area is 133 Å². The molecule has 1 aromatic carbocycles. The second-order valence-electron chi connectivity index (χ2n) is 5.39. The lowest BCUT2D eigenvalue weighted by molar-refractivity contribution is 0.0743. The Hall–Kier alpha value is -1.16. The molecule has 0 aliphatic heterocycles. The Kier molecular flexibility index (Phi) is 7.65. The van der Waals surface area contributed by atoms with Gasteiger partial charge in [-0.15, -0.1) is 0 Å². The summed E-state index contributed by atoms with van der Waals surface area (Å²) in [6.07, 6.45) is 4.16. The number of benzene rings is 1. The zero-order valence-corrected chi connectivity index (χ0v) is 14.7. The summed E-state index contributed by atoms with van der Waals surface area (Å²) in [4.78, 5) is 14.5. The van der Waals surface area contributed by atoms with Crippen molar-refractivity contribution in [3.05, 3.63) is 29.3 Å². The van der Waals surface area contributed by atoms with Crippen LogP contribution in [0.5, 0.6) is 0 Å². The largest absolute Gasteiger partial charge is 0.385 e. The number of hydrogen-bond acceptors (Lipinski definition) is 3. The molecule has 1 unspecified atom stereocenters. The minimum absolute atomic E-state index is 0.121. The van der Waals surface area contributed by atoms with E-state index < -0.39 is 0 Å². The molecule has 4 heteroatoms. The molecule has 0 saturated heterocycles. The van der Waals surface area contributed by atoms with Gasteiger partial charge in [0.15, 0.2) is 0 Å². The highest BCUT2D eigenvalue weighted by atomic mass is 32.2. The van der Waals surface area contributed by atoms with Crippen molar-refractivity contribution in [3.8, 4) is 0 Å². The van der Waals surface area contributed by atoms with E-state index in [1.165, 1.54) is 0 Å². The molecule has 21 heavy (non-hydrogen) atoms. The third-order valence-electron chi connectivity index (χ3n) is 3.73. The summed E-state index contributed by atoms with van der Waals surface area (Å²) in [5.74, 6) is 1.10. The van der Waals surface area contributed by atoms with E-state index in [0.717, 1.165) is 42.0 Å². The first-order chi connectivity index (χ1) is 10.0. The summed E-state index contributed by atoms with van der Waals surface area (Å²) in [7, 11) is 1.91. The Bertz CT molecular complexity index is 462. The van der Waals surface area contributed by atoms with Gasteiger partial charge in [-0.05, 0) is 49.8 Å². The number of anilines is 1.